The zero-order valence-electron chi connectivity index (χ0n) is 18.2. The molecule has 27 heavy (non-hydrogen) atoms. The molecule has 4 aliphatic rings. The van der Waals surface area contributed by atoms with E-state index in [2.05, 4.69) is 13.8 Å². The van der Waals surface area contributed by atoms with Gasteiger partial charge in [0.15, 0.2) is 0 Å². The zero-order valence-corrected chi connectivity index (χ0v) is 18.2. The van der Waals surface area contributed by atoms with Crippen LogP contribution >= 0.6 is 0 Å². The predicted molar refractivity (Wildman–Crippen MR) is 108 cm³/mol. The van der Waals surface area contributed by atoms with Gasteiger partial charge in [0.1, 0.15) is 0 Å². The Labute approximate surface area is 166 Å². The maximum absolute atomic E-state index is 10.8. The molecule has 0 aromatic rings. The molecule has 4 rings (SSSR count). The van der Waals surface area contributed by atoms with Crippen molar-refractivity contribution in [3.63, 3.8) is 0 Å². The maximum atomic E-state index is 10.8. The Morgan fingerprint density at radius 3 is 2.33 bits per heavy atom. The lowest BCUT2D eigenvalue weighted by Gasteiger charge is -2.64. The number of hydrogen-bond acceptors (Lipinski definition) is 3. The van der Waals surface area contributed by atoms with Gasteiger partial charge in [-0.05, 0) is 114 Å². The van der Waals surface area contributed by atoms with Crippen molar-refractivity contribution in [1.29, 1.82) is 0 Å². The molecule has 0 heterocycles. The van der Waals surface area contributed by atoms with E-state index >= 15 is 0 Å². The molecule has 4 saturated carbocycles. The quantitative estimate of drug-likeness (QED) is 0.742. The summed E-state index contributed by atoms with van der Waals surface area (Å²) in [4.78, 5) is 0. The minimum absolute atomic E-state index is 0.176. The lowest BCUT2D eigenvalue weighted by Crippen LogP contribution is -2.60. The van der Waals surface area contributed by atoms with Crippen molar-refractivity contribution in [2.45, 2.75) is 103 Å². The van der Waals surface area contributed by atoms with Gasteiger partial charge in [-0.15, -0.1) is 0 Å². The van der Waals surface area contributed by atoms with Gasteiger partial charge in [-0.25, -0.2) is 0 Å². The molecule has 156 valence electrons. The number of rotatable bonds is 3. The summed E-state index contributed by atoms with van der Waals surface area (Å²) >= 11 is 0. The van der Waals surface area contributed by atoms with Crippen LogP contribution in [0.2, 0.25) is 0 Å². The smallest absolute Gasteiger partial charge is 0.0622 e. The fraction of sp³-hybridized carbons (Fsp3) is 1.00. The lowest BCUT2D eigenvalue weighted by molar-refractivity contribution is -0.200. The van der Waals surface area contributed by atoms with E-state index in [4.69, 9.17) is 4.74 Å². The van der Waals surface area contributed by atoms with Crippen LogP contribution in [0.15, 0.2) is 0 Å². The fourth-order valence-corrected chi connectivity index (χ4v) is 9.01. The van der Waals surface area contributed by atoms with Gasteiger partial charge in [0.05, 0.1) is 17.8 Å². The van der Waals surface area contributed by atoms with Crippen molar-refractivity contribution in [2.24, 2.45) is 40.4 Å². The Kier molecular flexibility index (Phi) is 5.01. The number of aliphatic hydroxyl groups is 2. The average molecular weight is 379 g/mol. The summed E-state index contributed by atoms with van der Waals surface area (Å²) in [6, 6.07) is 0. The highest BCUT2D eigenvalue weighted by Gasteiger charge is 2.64. The molecule has 0 amide bonds. The molecule has 0 saturated heterocycles. The first-order chi connectivity index (χ1) is 12.7. The van der Waals surface area contributed by atoms with Crippen LogP contribution in [0.4, 0.5) is 0 Å². The van der Waals surface area contributed by atoms with Crippen molar-refractivity contribution in [1.82, 2.24) is 0 Å². The molecule has 0 aromatic heterocycles. The average Bonchev–Trinajstić information content (AvgIpc) is 2.97. The zero-order chi connectivity index (χ0) is 19.6. The number of aliphatic hydroxyl groups excluding tert-OH is 1. The standard InChI is InChI=1S/C24H42O3/c1-15(25)19-8-9-20-18-7-6-17-14-22(3,26)12-13-24(17,16(2)27-5)21(18)10-11-23(19,20)4/h15-21,25-26H,6-14H2,1-5H3/t15?,16-,17+,18-,19+,20-,21-,22+,23+,24+/m0/s1. The minimum Gasteiger partial charge on any atom is -0.393 e. The van der Waals surface area contributed by atoms with Gasteiger partial charge in [-0.1, -0.05) is 6.92 Å². The van der Waals surface area contributed by atoms with Crippen LogP contribution in [0.1, 0.15) is 85.5 Å². The summed E-state index contributed by atoms with van der Waals surface area (Å²) in [6.07, 6.45) is 10.7. The summed E-state index contributed by atoms with van der Waals surface area (Å²) in [5.74, 6) is 3.34. The van der Waals surface area contributed by atoms with Crippen molar-refractivity contribution >= 4 is 0 Å². The highest BCUT2D eigenvalue weighted by Crippen LogP contribution is 2.69. The molecular weight excluding hydrogens is 336 g/mol. The van der Waals surface area contributed by atoms with Gasteiger partial charge in [0.25, 0.3) is 0 Å². The molecular formula is C24H42O3. The Bertz CT molecular complexity index is 558. The summed E-state index contributed by atoms with van der Waals surface area (Å²) < 4.78 is 6.04. The van der Waals surface area contributed by atoms with Crippen LogP contribution in [-0.4, -0.2) is 35.1 Å². The lowest BCUT2D eigenvalue weighted by atomic mass is 9.42. The second kappa shape index (κ2) is 6.71. The van der Waals surface area contributed by atoms with E-state index in [1.54, 1.807) is 0 Å². The topological polar surface area (TPSA) is 49.7 Å². The van der Waals surface area contributed by atoms with Crippen molar-refractivity contribution in [2.75, 3.05) is 7.11 Å². The molecule has 10 atom stereocenters. The number of ether oxygens (including phenoxy) is 1. The van der Waals surface area contributed by atoms with Crippen molar-refractivity contribution < 1.29 is 14.9 Å². The highest BCUT2D eigenvalue weighted by molar-refractivity contribution is 5.13. The Hall–Kier alpha value is -0.120. The Morgan fingerprint density at radius 1 is 0.926 bits per heavy atom. The normalized spacial score (nSPS) is 54.6. The first-order valence-corrected chi connectivity index (χ1v) is 11.6. The molecule has 0 aliphatic heterocycles. The van der Waals surface area contributed by atoms with E-state index in [1.165, 1.54) is 38.5 Å². The molecule has 0 radical (unpaired) electrons. The molecule has 4 fully saturated rings. The molecule has 3 heteroatoms. The van der Waals surface area contributed by atoms with E-state index in [9.17, 15) is 10.2 Å². The van der Waals surface area contributed by atoms with E-state index in [0.717, 1.165) is 37.0 Å². The van der Waals surface area contributed by atoms with Crippen LogP contribution in [0, 0.1) is 40.4 Å². The molecule has 0 spiro atoms. The summed E-state index contributed by atoms with van der Waals surface area (Å²) in [5, 5.41) is 21.2. The third-order valence-electron chi connectivity index (χ3n) is 10.3. The first kappa shape index (κ1) is 20.2. The van der Waals surface area contributed by atoms with E-state index in [0.29, 0.717) is 17.3 Å². The minimum atomic E-state index is -0.498. The number of hydrogen-bond donors (Lipinski definition) is 2. The molecule has 0 aromatic carbocycles. The molecule has 1 unspecified atom stereocenters. The highest BCUT2D eigenvalue weighted by atomic mass is 16.5. The third kappa shape index (κ3) is 2.86. The largest absolute Gasteiger partial charge is 0.393 e. The van der Waals surface area contributed by atoms with Gasteiger partial charge >= 0.3 is 0 Å². The van der Waals surface area contributed by atoms with Gasteiger partial charge < -0.3 is 14.9 Å². The monoisotopic (exact) mass is 378 g/mol. The fourth-order valence-electron chi connectivity index (χ4n) is 9.01. The summed E-state index contributed by atoms with van der Waals surface area (Å²) in [6.45, 7) is 8.85. The van der Waals surface area contributed by atoms with Crippen LogP contribution in [-0.2, 0) is 4.74 Å². The van der Waals surface area contributed by atoms with Gasteiger partial charge in [-0.2, -0.15) is 0 Å². The third-order valence-corrected chi connectivity index (χ3v) is 10.3. The van der Waals surface area contributed by atoms with Gasteiger partial charge in [-0.3, -0.25) is 0 Å². The van der Waals surface area contributed by atoms with Crippen LogP contribution in [0.5, 0.6) is 0 Å². The summed E-state index contributed by atoms with van der Waals surface area (Å²) in [7, 11) is 1.89. The number of fused-ring (bicyclic) bond motifs is 5. The Morgan fingerprint density at radius 2 is 1.67 bits per heavy atom. The second-order valence-electron chi connectivity index (χ2n) is 11.3. The van der Waals surface area contributed by atoms with Gasteiger partial charge in [0, 0.05) is 12.5 Å². The Balaban J connectivity index is 1.68. The molecule has 4 aliphatic carbocycles. The van der Waals surface area contributed by atoms with Crippen LogP contribution < -0.4 is 0 Å². The van der Waals surface area contributed by atoms with Crippen molar-refractivity contribution in [3.05, 3.63) is 0 Å². The SMILES string of the molecule is CO[C@@H](C)[C@]12CC[C@@](C)(O)C[C@H]1CC[C@H]1[C@@H]3CC[C@H](C(C)O)[C@@]3(C)CC[C@@H]12. The summed E-state index contributed by atoms with van der Waals surface area (Å²) in [5.41, 5.74) is 0.0619. The van der Waals surface area contributed by atoms with E-state index in [1.807, 2.05) is 21.0 Å². The van der Waals surface area contributed by atoms with Crippen molar-refractivity contribution in [3.8, 4) is 0 Å². The van der Waals surface area contributed by atoms with E-state index in [-0.39, 0.29) is 17.6 Å². The second-order valence-corrected chi connectivity index (χ2v) is 11.3. The van der Waals surface area contributed by atoms with Crippen LogP contribution in [0.25, 0.3) is 0 Å². The van der Waals surface area contributed by atoms with E-state index < -0.39 is 5.60 Å². The molecule has 0 bridgehead atoms. The van der Waals surface area contributed by atoms with Gasteiger partial charge in [0.2, 0.25) is 0 Å². The molecule has 3 nitrogen and oxygen atoms in total. The number of methoxy groups -OCH3 is 1. The maximum Gasteiger partial charge on any atom is 0.0622 e. The molecule has 2 N–H and O–H groups in total. The predicted octanol–water partition coefficient (Wildman–Crippen LogP) is 4.79. The first-order valence-electron chi connectivity index (χ1n) is 11.6. The van der Waals surface area contributed by atoms with Crippen LogP contribution in [0.3, 0.4) is 0 Å².